The summed E-state index contributed by atoms with van der Waals surface area (Å²) >= 11 is 0. The number of ether oxygens (including phenoxy) is 1. The van der Waals surface area contributed by atoms with Gasteiger partial charge in [0.25, 0.3) is 0 Å². The van der Waals surface area contributed by atoms with Gasteiger partial charge in [-0.1, -0.05) is 0 Å². The molecule has 0 aliphatic heterocycles. The fourth-order valence-corrected chi connectivity index (χ4v) is 1.53. The first-order valence-electron chi connectivity index (χ1n) is 6.62. The van der Waals surface area contributed by atoms with E-state index in [1.807, 2.05) is 26.8 Å². The molecule has 1 aromatic heterocycles. The molecule has 0 unspecified atom stereocenters. The summed E-state index contributed by atoms with van der Waals surface area (Å²) in [6.45, 7) is 7.11. The normalized spacial score (nSPS) is 11.2. The van der Waals surface area contributed by atoms with Gasteiger partial charge in [-0.05, 0) is 38.0 Å². The summed E-state index contributed by atoms with van der Waals surface area (Å²) in [5, 5.41) is 14.5. The van der Waals surface area contributed by atoms with E-state index >= 15 is 0 Å². The van der Waals surface area contributed by atoms with Crippen molar-refractivity contribution >= 4 is 6.09 Å². The average molecular weight is 281 g/mol. The standard InChI is InChI=1S/C14H23N3O3/c1-14(2,3)20-13(19)17-10-12-6-11(8-16-9-12)7-15-4-5-18/h6,8-9,15,18H,4-5,7,10H2,1-3H3,(H,17,19). The molecule has 20 heavy (non-hydrogen) atoms. The van der Waals surface area contributed by atoms with Crippen molar-refractivity contribution in [3.63, 3.8) is 0 Å². The topological polar surface area (TPSA) is 83.5 Å². The molecule has 0 radical (unpaired) electrons. The van der Waals surface area contributed by atoms with Gasteiger partial charge in [-0.15, -0.1) is 0 Å². The Morgan fingerprint density at radius 2 is 1.95 bits per heavy atom. The predicted octanol–water partition coefficient (Wildman–Crippen LogP) is 1.19. The van der Waals surface area contributed by atoms with Crippen LogP contribution in [-0.2, 0) is 17.8 Å². The number of aliphatic hydroxyl groups excluding tert-OH is 1. The highest BCUT2D eigenvalue weighted by Gasteiger charge is 2.15. The van der Waals surface area contributed by atoms with E-state index in [-0.39, 0.29) is 6.61 Å². The van der Waals surface area contributed by atoms with Crippen LogP contribution in [-0.4, -0.2) is 34.9 Å². The average Bonchev–Trinajstić information content (AvgIpc) is 2.35. The summed E-state index contributed by atoms with van der Waals surface area (Å²) in [4.78, 5) is 15.7. The van der Waals surface area contributed by atoms with Crippen LogP contribution < -0.4 is 10.6 Å². The number of amides is 1. The second-order valence-corrected chi connectivity index (χ2v) is 5.46. The summed E-state index contributed by atoms with van der Waals surface area (Å²) < 4.78 is 5.16. The van der Waals surface area contributed by atoms with Crippen molar-refractivity contribution in [3.8, 4) is 0 Å². The zero-order chi connectivity index (χ0) is 15.0. The van der Waals surface area contributed by atoms with E-state index in [1.165, 1.54) is 0 Å². The van der Waals surface area contributed by atoms with Gasteiger partial charge in [0.1, 0.15) is 5.60 Å². The molecular formula is C14H23N3O3. The summed E-state index contributed by atoms with van der Waals surface area (Å²) in [6, 6.07) is 1.95. The maximum absolute atomic E-state index is 11.5. The van der Waals surface area contributed by atoms with Crippen molar-refractivity contribution in [2.24, 2.45) is 0 Å². The molecular weight excluding hydrogens is 258 g/mol. The molecule has 0 fully saturated rings. The Labute approximate surface area is 119 Å². The van der Waals surface area contributed by atoms with Crippen LogP contribution in [0.1, 0.15) is 31.9 Å². The van der Waals surface area contributed by atoms with Crippen LogP contribution in [0.25, 0.3) is 0 Å². The number of carbonyl (C=O) groups excluding carboxylic acids is 1. The summed E-state index contributed by atoms with van der Waals surface area (Å²) in [5.41, 5.74) is 1.40. The molecule has 0 aromatic carbocycles. The molecule has 3 N–H and O–H groups in total. The number of hydrogen-bond donors (Lipinski definition) is 3. The minimum absolute atomic E-state index is 0.104. The minimum Gasteiger partial charge on any atom is -0.444 e. The summed E-state index contributed by atoms with van der Waals surface area (Å²) in [7, 11) is 0. The van der Waals surface area contributed by atoms with E-state index < -0.39 is 11.7 Å². The monoisotopic (exact) mass is 281 g/mol. The maximum atomic E-state index is 11.5. The first kappa shape index (κ1) is 16.4. The molecule has 0 spiro atoms. The lowest BCUT2D eigenvalue weighted by Crippen LogP contribution is -2.32. The van der Waals surface area contributed by atoms with E-state index in [0.29, 0.717) is 19.6 Å². The van der Waals surface area contributed by atoms with Gasteiger partial charge in [0.15, 0.2) is 0 Å². The third-order valence-electron chi connectivity index (χ3n) is 2.30. The molecule has 112 valence electrons. The predicted molar refractivity (Wildman–Crippen MR) is 76.1 cm³/mol. The number of carbonyl (C=O) groups is 1. The number of aromatic nitrogens is 1. The Balaban J connectivity index is 2.44. The smallest absolute Gasteiger partial charge is 0.407 e. The molecule has 0 saturated heterocycles. The highest BCUT2D eigenvalue weighted by Crippen LogP contribution is 2.07. The molecule has 0 aliphatic rings. The van der Waals surface area contributed by atoms with Crippen molar-refractivity contribution in [3.05, 3.63) is 29.6 Å². The highest BCUT2D eigenvalue weighted by atomic mass is 16.6. The van der Waals surface area contributed by atoms with Gasteiger partial charge in [0, 0.05) is 32.0 Å². The van der Waals surface area contributed by atoms with Crippen molar-refractivity contribution in [2.75, 3.05) is 13.2 Å². The molecule has 0 atom stereocenters. The third-order valence-corrected chi connectivity index (χ3v) is 2.30. The SMILES string of the molecule is CC(C)(C)OC(=O)NCc1cncc(CNCCO)c1. The highest BCUT2D eigenvalue weighted by molar-refractivity contribution is 5.67. The summed E-state index contributed by atoms with van der Waals surface area (Å²) in [5.74, 6) is 0. The number of rotatable bonds is 6. The van der Waals surface area contributed by atoms with Crippen molar-refractivity contribution in [1.82, 2.24) is 15.6 Å². The van der Waals surface area contributed by atoms with E-state index in [1.54, 1.807) is 12.4 Å². The molecule has 0 aliphatic carbocycles. The summed E-state index contributed by atoms with van der Waals surface area (Å²) in [6.07, 6.45) is 3.01. The number of aliphatic hydroxyl groups is 1. The second-order valence-electron chi connectivity index (χ2n) is 5.46. The maximum Gasteiger partial charge on any atom is 0.407 e. The van der Waals surface area contributed by atoms with Crippen molar-refractivity contribution in [1.29, 1.82) is 0 Å². The van der Waals surface area contributed by atoms with E-state index in [4.69, 9.17) is 9.84 Å². The first-order chi connectivity index (χ1) is 9.40. The van der Waals surface area contributed by atoms with Crippen LogP contribution in [0.4, 0.5) is 4.79 Å². The van der Waals surface area contributed by atoms with Crippen molar-refractivity contribution < 1.29 is 14.6 Å². The van der Waals surface area contributed by atoms with Gasteiger partial charge in [-0.3, -0.25) is 4.98 Å². The van der Waals surface area contributed by atoms with Crippen LogP contribution in [0.15, 0.2) is 18.5 Å². The Kier molecular flexibility index (Phi) is 6.41. The second kappa shape index (κ2) is 7.81. The van der Waals surface area contributed by atoms with Gasteiger partial charge < -0.3 is 20.5 Å². The number of pyridine rings is 1. The Morgan fingerprint density at radius 1 is 1.30 bits per heavy atom. The Morgan fingerprint density at radius 3 is 2.55 bits per heavy atom. The largest absolute Gasteiger partial charge is 0.444 e. The lowest BCUT2D eigenvalue weighted by Gasteiger charge is -2.19. The molecule has 6 nitrogen and oxygen atoms in total. The molecule has 0 saturated carbocycles. The zero-order valence-electron chi connectivity index (χ0n) is 12.3. The molecule has 1 rings (SSSR count). The van der Waals surface area contributed by atoms with E-state index in [0.717, 1.165) is 11.1 Å². The number of alkyl carbamates (subject to hydrolysis) is 1. The quantitative estimate of drug-likeness (QED) is 0.682. The fourth-order valence-electron chi connectivity index (χ4n) is 1.53. The molecule has 1 heterocycles. The third kappa shape index (κ3) is 7.06. The van der Waals surface area contributed by atoms with Gasteiger partial charge >= 0.3 is 6.09 Å². The Hall–Kier alpha value is -1.66. The minimum atomic E-state index is -0.502. The zero-order valence-corrected chi connectivity index (χ0v) is 12.3. The molecule has 0 bridgehead atoms. The van der Waals surface area contributed by atoms with E-state index in [2.05, 4.69) is 15.6 Å². The van der Waals surface area contributed by atoms with Crippen LogP contribution in [0.2, 0.25) is 0 Å². The van der Waals surface area contributed by atoms with Gasteiger partial charge in [0.05, 0.1) is 6.61 Å². The number of nitrogens with zero attached hydrogens (tertiary/aromatic N) is 1. The lowest BCUT2D eigenvalue weighted by atomic mass is 10.2. The lowest BCUT2D eigenvalue weighted by molar-refractivity contribution is 0.0523. The van der Waals surface area contributed by atoms with Gasteiger partial charge in [-0.2, -0.15) is 0 Å². The van der Waals surface area contributed by atoms with Crippen LogP contribution in [0, 0.1) is 0 Å². The molecule has 1 amide bonds. The van der Waals surface area contributed by atoms with Gasteiger partial charge in [0.2, 0.25) is 0 Å². The van der Waals surface area contributed by atoms with Crippen LogP contribution in [0.5, 0.6) is 0 Å². The van der Waals surface area contributed by atoms with Crippen LogP contribution >= 0.6 is 0 Å². The Bertz CT molecular complexity index is 430. The first-order valence-corrected chi connectivity index (χ1v) is 6.62. The van der Waals surface area contributed by atoms with Gasteiger partial charge in [-0.25, -0.2) is 4.79 Å². The molecule has 6 heteroatoms. The van der Waals surface area contributed by atoms with Crippen molar-refractivity contribution in [2.45, 2.75) is 39.5 Å². The fraction of sp³-hybridized carbons (Fsp3) is 0.571. The number of nitrogens with one attached hydrogen (secondary N) is 2. The molecule has 1 aromatic rings. The van der Waals surface area contributed by atoms with E-state index in [9.17, 15) is 4.79 Å². The van der Waals surface area contributed by atoms with Crippen LogP contribution in [0.3, 0.4) is 0 Å². The number of hydrogen-bond acceptors (Lipinski definition) is 5.